The molecule has 0 amide bonds. The molecule has 0 bridgehead atoms. The molecule has 2 unspecified atom stereocenters. The third-order valence-electron chi connectivity index (χ3n) is 3.11. The minimum absolute atomic E-state index is 0.0992. The van der Waals surface area contributed by atoms with Gasteiger partial charge in [0.15, 0.2) is 0 Å². The van der Waals surface area contributed by atoms with Crippen LogP contribution in [-0.2, 0) is 14.3 Å². The fourth-order valence-electron chi connectivity index (χ4n) is 2.34. The second-order valence-corrected chi connectivity index (χ2v) is 4.49. The molecule has 0 aromatic rings. The number of carbonyl (C=O) groups is 1. The summed E-state index contributed by atoms with van der Waals surface area (Å²) in [6, 6.07) is 0. The zero-order valence-electron chi connectivity index (χ0n) is 9.43. The Morgan fingerprint density at radius 3 is 2.81 bits per heavy atom. The number of ether oxygens (including phenoxy) is 2. The topological polar surface area (TPSA) is 59.0 Å². The van der Waals surface area contributed by atoms with E-state index in [1.807, 2.05) is 0 Å². The van der Waals surface area contributed by atoms with E-state index in [9.17, 15) is 4.79 Å². The number of hydrogen-bond acceptors (Lipinski definition) is 4. The number of hydrogen-bond donors (Lipinski definition) is 1. The lowest BCUT2D eigenvalue weighted by Crippen LogP contribution is -2.46. The highest BCUT2D eigenvalue weighted by atomic mass is 16.5. The van der Waals surface area contributed by atoms with Crippen LogP contribution in [0.2, 0.25) is 0 Å². The van der Waals surface area contributed by atoms with Crippen LogP contribution in [0, 0.1) is 0 Å². The number of aliphatic carboxylic acids is 1. The molecule has 92 valence electrons. The van der Waals surface area contributed by atoms with Crippen molar-refractivity contribution >= 4 is 5.97 Å². The predicted molar refractivity (Wildman–Crippen MR) is 57.4 cm³/mol. The van der Waals surface area contributed by atoms with Gasteiger partial charge in [0.25, 0.3) is 0 Å². The summed E-state index contributed by atoms with van der Waals surface area (Å²) >= 11 is 0. The summed E-state index contributed by atoms with van der Waals surface area (Å²) in [5.41, 5.74) is 0. The van der Waals surface area contributed by atoms with E-state index < -0.39 is 5.97 Å². The normalized spacial score (nSPS) is 31.8. The van der Waals surface area contributed by atoms with Gasteiger partial charge in [-0.15, -0.1) is 0 Å². The fraction of sp³-hybridized carbons (Fsp3) is 0.909. The summed E-state index contributed by atoms with van der Waals surface area (Å²) in [5, 5.41) is 8.71. The summed E-state index contributed by atoms with van der Waals surface area (Å²) in [7, 11) is 0. The molecule has 2 aliphatic heterocycles. The molecule has 2 rings (SSSR count). The summed E-state index contributed by atoms with van der Waals surface area (Å²) in [6.07, 6.45) is 2.55. The van der Waals surface area contributed by atoms with E-state index in [-0.39, 0.29) is 12.5 Å². The molecule has 2 saturated heterocycles. The number of nitrogens with zero attached hydrogens (tertiary/aromatic N) is 1. The molecule has 2 fully saturated rings. The Hall–Kier alpha value is -0.650. The Kier molecular flexibility index (Phi) is 4.15. The lowest BCUT2D eigenvalue weighted by Gasteiger charge is -2.33. The molecule has 0 saturated carbocycles. The maximum Gasteiger partial charge on any atom is 0.306 e. The molecule has 2 atom stereocenters. The second-order valence-electron chi connectivity index (χ2n) is 4.49. The molecule has 0 spiro atoms. The zero-order valence-corrected chi connectivity index (χ0v) is 9.43. The monoisotopic (exact) mass is 229 g/mol. The van der Waals surface area contributed by atoms with Gasteiger partial charge in [-0.1, -0.05) is 0 Å². The van der Waals surface area contributed by atoms with Crippen LogP contribution in [0.3, 0.4) is 0 Å². The third-order valence-corrected chi connectivity index (χ3v) is 3.11. The van der Waals surface area contributed by atoms with Gasteiger partial charge in [0.1, 0.15) is 0 Å². The maximum absolute atomic E-state index is 10.6. The van der Waals surface area contributed by atoms with Gasteiger partial charge in [-0.2, -0.15) is 0 Å². The second kappa shape index (κ2) is 5.61. The molecule has 5 nitrogen and oxygen atoms in total. The van der Waals surface area contributed by atoms with E-state index in [2.05, 4.69) is 4.90 Å². The average molecular weight is 229 g/mol. The van der Waals surface area contributed by atoms with Gasteiger partial charge in [-0.05, 0) is 12.8 Å². The first kappa shape index (κ1) is 11.8. The van der Waals surface area contributed by atoms with Crippen LogP contribution < -0.4 is 0 Å². The summed E-state index contributed by atoms with van der Waals surface area (Å²) < 4.78 is 11.0. The Labute approximate surface area is 95.3 Å². The van der Waals surface area contributed by atoms with E-state index in [4.69, 9.17) is 14.6 Å². The van der Waals surface area contributed by atoms with Crippen LogP contribution >= 0.6 is 0 Å². The van der Waals surface area contributed by atoms with Crippen molar-refractivity contribution < 1.29 is 19.4 Å². The standard InChI is InChI=1S/C11H19NO4/c13-11(14)6-10-8-12(3-5-16-10)7-9-2-1-4-15-9/h9-10H,1-8H2,(H,13,14). The fourth-order valence-corrected chi connectivity index (χ4v) is 2.34. The molecule has 16 heavy (non-hydrogen) atoms. The van der Waals surface area contributed by atoms with Crippen molar-refractivity contribution in [3.8, 4) is 0 Å². The van der Waals surface area contributed by atoms with Gasteiger partial charge in [-0.25, -0.2) is 0 Å². The quantitative estimate of drug-likeness (QED) is 0.753. The van der Waals surface area contributed by atoms with Gasteiger partial charge < -0.3 is 14.6 Å². The van der Waals surface area contributed by atoms with Crippen LogP contribution in [0.1, 0.15) is 19.3 Å². The molecule has 1 N–H and O–H groups in total. The molecule has 5 heteroatoms. The first-order valence-electron chi connectivity index (χ1n) is 5.91. The highest BCUT2D eigenvalue weighted by Gasteiger charge is 2.26. The third kappa shape index (κ3) is 3.43. The van der Waals surface area contributed by atoms with E-state index in [0.29, 0.717) is 19.3 Å². The molecular weight excluding hydrogens is 210 g/mol. The molecule has 2 heterocycles. The molecule has 0 aromatic heterocycles. The van der Waals surface area contributed by atoms with Crippen LogP contribution in [0.25, 0.3) is 0 Å². The molecule has 0 radical (unpaired) electrons. The smallest absolute Gasteiger partial charge is 0.306 e. The number of morpholine rings is 1. The molecular formula is C11H19NO4. The van der Waals surface area contributed by atoms with E-state index >= 15 is 0 Å². The largest absolute Gasteiger partial charge is 0.481 e. The van der Waals surface area contributed by atoms with Crippen molar-refractivity contribution in [2.45, 2.75) is 31.5 Å². The maximum atomic E-state index is 10.6. The molecule has 2 aliphatic rings. The Morgan fingerprint density at radius 1 is 1.31 bits per heavy atom. The van der Waals surface area contributed by atoms with Crippen LogP contribution in [-0.4, -0.2) is 61.0 Å². The number of carboxylic acid groups (broad SMARTS) is 1. The van der Waals surface area contributed by atoms with Crippen molar-refractivity contribution in [2.75, 3.05) is 32.8 Å². The van der Waals surface area contributed by atoms with Crippen molar-refractivity contribution in [1.82, 2.24) is 4.90 Å². The Bertz CT molecular complexity index is 240. The van der Waals surface area contributed by atoms with Crippen molar-refractivity contribution in [3.05, 3.63) is 0 Å². The van der Waals surface area contributed by atoms with Crippen LogP contribution in [0.5, 0.6) is 0 Å². The lowest BCUT2D eigenvalue weighted by molar-refractivity contribution is -0.142. The first-order chi connectivity index (χ1) is 7.74. The van der Waals surface area contributed by atoms with Crippen LogP contribution in [0.15, 0.2) is 0 Å². The summed E-state index contributed by atoms with van der Waals surface area (Å²) in [4.78, 5) is 12.9. The minimum Gasteiger partial charge on any atom is -0.481 e. The first-order valence-corrected chi connectivity index (χ1v) is 5.91. The number of carboxylic acids is 1. The van der Waals surface area contributed by atoms with E-state index in [1.54, 1.807) is 0 Å². The van der Waals surface area contributed by atoms with E-state index in [1.165, 1.54) is 0 Å². The highest BCUT2D eigenvalue weighted by molar-refractivity contribution is 5.67. The minimum atomic E-state index is -0.788. The number of rotatable bonds is 4. The van der Waals surface area contributed by atoms with Gasteiger partial charge in [0, 0.05) is 26.2 Å². The molecule has 0 aliphatic carbocycles. The van der Waals surface area contributed by atoms with Crippen molar-refractivity contribution in [3.63, 3.8) is 0 Å². The Morgan fingerprint density at radius 2 is 2.12 bits per heavy atom. The van der Waals surface area contributed by atoms with Crippen molar-refractivity contribution in [1.29, 1.82) is 0 Å². The van der Waals surface area contributed by atoms with Crippen LogP contribution in [0.4, 0.5) is 0 Å². The summed E-state index contributed by atoms with van der Waals surface area (Å²) in [6.45, 7) is 4.01. The predicted octanol–water partition coefficient (Wildman–Crippen LogP) is 0.341. The van der Waals surface area contributed by atoms with Gasteiger partial charge in [0.2, 0.25) is 0 Å². The highest BCUT2D eigenvalue weighted by Crippen LogP contribution is 2.16. The lowest BCUT2D eigenvalue weighted by atomic mass is 10.1. The van der Waals surface area contributed by atoms with E-state index in [0.717, 1.165) is 32.5 Å². The van der Waals surface area contributed by atoms with Crippen molar-refractivity contribution in [2.24, 2.45) is 0 Å². The SMILES string of the molecule is O=C(O)CC1CN(CC2CCCO2)CCO1. The van der Waals surface area contributed by atoms with Gasteiger partial charge >= 0.3 is 5.97 Å². The zero-order chi connectivity index (χ0) is 11.4. The van der Waals surface area contributed by atoms with Gasteiger partial charge in [-0.3, -0.25) is 9.69 Å². The molecule has 0 aromatic carbocycles. The Balaban J connectivity index is 1.74. The van der Waals surface area contributed by atoms with Gasteiger partial charge in [0.05, 0.1) is 25.2 Å². The average Bonchev–Trinajstić information content (AvgIpc) is 2.70. The summed E-state index contributed by atoms with van der Waals surface area (Å²) in [5.74, 6) is -0.788.